The van der Waals surface area contributed by atoms with Gasteiger partial charge in [0.25, 0.3) is 0 Å². The zero-order chi connectivity index (χ0) is 19.6. The fourth-order valence-electron chi connectivity index (χ4n) is 5.29. The van der Waals surface area contributed by atoms with E-state index in [2.05, 4.69) is 20.9 Å². The molecule has 5 rings (SSSR count). The number of nitrogens with zero attached hydrogens (tertiary/aromatic N) is 4. The lowest BCUT2D eigenvalue weighted by Crippen LogP contribution is -2.46. The minimum Gasteiger partial charge on any atom is -0.474 e. The molecule has 3 aliphatic rings. The zero-order valence-corrected chi connectivity index (χ0v) is 17.6. The summed E-state index contributed by atoms with van der Waals surface area (Å²) in [5.74, 6) is 1.22. The van der Waals surface area contributed by atoms with E-state index in [0.29, 0.717) is 18.4 Å². The zero-order valence-electron chi connectivity index (χ0n) is 16.8. The molecule has 1 saturated carbocycles. The summed E-state index contributed by atoms with van der Waals surface area (Å²) in [4.78, 5) is 14.1. The van der Waals surface area contributed by atoms with Crippen LogP contribution in [0, 0.1) is 11.3 Å². The smallest absolute Gasteiger partial charge is 0.225 e. The number of rotatable bonds is 5. The predicted octanol–water partition coefficient (Wildman–Crippen LogP) is 4.05. The van der Waals surface area contributed by atoms with E-state index >= 15 is 0 Å². The first-order chi connectivity index (χ1) is 14.3. The molecule has 0 radical (unpaired) electrons. The Morgan fingerprint density at radius 1 is 1.17 bits per heavy atom. The lowest BCUT2D eigenvalue weighted by molar-refractivity contribution is -0.00126. The molecular formula is C22H28N4O2S. The summed E-state index contributed by atoms with van der Waals surface area (Å²) in [6.45, 7) is 3.86. The van der Waals surface area contributed by atoms with Crippen molar-refractivity contribution in [3.05, 3.63) is 16.8 Å². The van der Waals surface area contributed by atoms with Gasteiger partial charge in [0.1, 0.15) is 17.3 Å². The third-order valence-corrected chi connectivity index (χ3v) is 7.96. The van der Waals surface area contributed by atoms with Crippen LogP contribution in [0.1, 0.15) is 61.3 Å². The molecule has 2 aromatic heterocycles. The Morgan fingerprint density at radius 3 is 2.79 bits per heavy atom. The maximum absolute atomic E-state index is 9.02. The van der Waals surface area contributed by atoms with Crippen molar-refractivity contribution in [1.29, 1.82) is 5.26 Å². The molecule has 1 saturated heterocycles. The molecule has 0 bridgehead atoms. The van der Waals surface area contributed by atoms with Crippen LogP contribution in [0.4, 0.5) is 0 Å². The largest absolute Gasteiger partial charge is 0.474 e. The normalized spacial score (nSPS) is 27.6. The topological polar surface area (TPSA) is 71.3 Å². The standard InChI is InChI=1S/C22H28N4O2S/c23-9-1-2-15-3-8-18-19(15)20-21(24-14-25-22(20)29-18)28-17-6-4-16(5-7-17)26-10-12-27-13-11-26/h14-17H,1-8,10-13H2/t15-,16-,17-/m0/s1. The molecule has 0 unspecified atom stereocenters. The minimum absolute atomic E-state index is 0.236. The molecule has 7 heteroatoms. The number of nitriles is 1. The monoisotopic (exact) mass is 412 g/mol. The summed E-state index contributed by atoms with van der Waals surface area (Å²) in [7, 11) is 0. The van der Waals surface area contributed by atoms with E-state index in [9.17, 15) is 0 Å². The highest BCUT2D eigenvalue weighted by atomic mass is 32.1. The number of hydrogen-bond acceptors (Lipinski definition) is 7. The molecule has 1 aliphatic heterocycles. The molecule has 1 atom stereocenters. The third-order valence-electron chi connectivity index (χ3n) is 6.78. The Labute approximate surface area is 175 Å². The first-order valence-corrected chi connectivity index (χ1v) is 11.8. The number of aryl methyl sites for hydroxylation is 1. The Hall–Kier alpha value is -1.75. The van der Waals surface area contributed by atoms with Crippen molar-refractivity contribution in [3.8, 4) is 11.9 Å². The fraction of sp³-hybridized carbons (Fsp3) is 0.682. The van der Waals surface area contributed by atoms with E-state index in [4.69, 9.17) is 14.7 Å². The number of thiophene rings is 1. The molecule has 154 valence electrons. The second kappa shape index (κ2) is 8.55. The predicted molar refractivity (Wildman–Crippen MR) is 112 cm³/mol. The van der Waals surface area contributed by atoms with Crippen LogP contribution in [0.25, 0.3) is 10.2 Å². The Kier molecular flexibility index (Phi) is 5.67. The third kappa shape index (κ3) is 3.86. The van der Waals surface area contributed by atoms with Gasteiger partial charge >= 0.3 is 0 Å². The molecular weight excluding hydrogens is 384 g/mol. The van der Waals surface area contributed by atoms with E-state index in [-0.39, 0.29) is 6.10 Å². The fourth-order valence-corrected chi connectivity index (χ4v) is 6.52. The highest BCUT2D eigenvalue weighted by Crippen LogP contribution is 2.47. The highest BCUT2D eigenvalue weighted by Gasteiger charge is 2.32. The number of hydrogen-bond donors (Lipinski definition) is 0. The molecule has 6 nitrogen and oxygen atoms in total. The number of morpholine rings is 1. The average molecular weight is 413 g/mol. The Morgan fingerprint density at radius 2 is 2.00 bits per heavy atom. The molecule has 29 heavy (non-hydrogen) atoms. The van der Waals surface area contributed by atoms with E-state index in [1.165, 1.54) is 23.3 Å². The van der Waals surface area contributed by atoms with Crippen LogP contribution in [0.5, 0.6) is 5.88 Å². The van der Waals surface area contributed by atoms with Gasteiger partial charge in [0.15, 0.2) is 0 Å². The first-order valence-electron chi connectivity index (χ1n) is 10.9. The van der Waals surface area contributed by atoms with Crippen LogP contribution in [-0.4, -0.2) is 53.3 Å². The molecule has 2 aromatic rings. The summed E-state index contributed by atoms with van der Waals surface area (Å²) < 4.78 is 12.0. The van der Waals surface area contributed by atoms with Crippen LogP contribution in [0.2, 0.25) is 0 Å². The van der Waals surface area contributed by atoms with Crippen molar-refractivity contribution in [1.82, 2.24) is 14.9 Å². The summed E-state index contributed by atoms with van der Waals surface area (Å²) in [6, 6.07) is 2.98. The van der Waals surface area contributed by atoms with Gasteiger partial charge in [0, 0.05) is 30.4 Å². The van der Waals surface area contributed by atoms with Crippen molar-refractivity contribution >= 4 is 21.6 Å². The second-order valence-corrected chi connectivity index (χ2v) is 9.51. The van der Waals surface area contributed by atoms with Gasteiger partial charge in [-0.15, -0.1) is 11.3 Å². The van der Waals surface area contributed by atoms with Crippen molar-refractivity contribution in [2.45, 2.75) is 69.4 Å². The van der Waals surface area contributed by atoms with Crippen LogP contribution in [0.3, 0.4) is 0 Å². The van der Waals surface area contributed by atoms with Crippen LogP contribution >= 0.6 is 11.3 Å². The minimum atomic E-state index is 0.236. The number of aromatic nitrogens is 2. The van der Waals surface area contributed by atoms with E-state index in [1.54, 1.807) is 17.7 Å². The summed E-state index contributed by atoms with van der Waals surface area (Å²) in [5, 5.41) is 10.1. The van der Waals surface area contributed by atoms with Gasteiger partial charge in [-0.3, -0.25) is 4.90 Å². The SMILES string of the molecule is N#CCC[C@H]1CCc2sc3ncnc(O[C@H]4CC[C@H](N5CCOCC5)CC4)c3c21. The molecule has 0 N–H and O–H groups in total. The van der Waals surface area contributed by atoms with E-state index in [0.717, 1.165) is 74.5 Å². The number of fused-ring (bicyclic) bond motifs is 3. The molecule has 0 amide bonds. The van der Waals surface area contributed by atoms with Crippen molar-refractivity contribution < 1.29 is 9.47 Å². The molecule has 2 fully saturated rings. The quantitative estimate of drug-likeness (QED) is 0.738. The van der Waals surface area contributed by atoms with Gasteiger partial charge in [0.2, 0.25) is 5.88 Å². The van der Waals surface area contributed by atoms with Crippen LogP contribution < -0.4 is 4.74 Å². The second-order valence-electron chi connectivity index (χ2n) is 8.43. The first kappa shape index (κ1) is 19.2. The molecule has 3 heterocycles. The summed E-state index contributed by atoms with van der Waals surface area (Å²) in [5.41, 5.74) is 1.37. The van der Waals surface area contributed by atoms with E-state index < -0.39 is 0 Å². The van der Waals surface area contributed by atoms with Gasteiger partial charge in [-0.1, -0.05) is 0 Å². The van der Waals surface area contributed by atoms with Gasteiger partial charge in [0.05, 0.1) is 24.7 Å². The van der Waals surface area contributed by atoms with Crippen molar-refractivity contribution in [2.24, 2.45) is 0 Å². The lowest BCUT2D eigenvalue weighted by Gasteiger charge is -2.38. The average Bonchev–Trinajstić information content (AvgIpc) is 3.33. The van der Waals surface area contributed by atoms with E-state index in [1.807, 2.05) is 0 Å². The Bertz CT molecular complexity index is 894. The van der Waals surface area contributed by atoms with Gasteiger partial charge in [-0.25, -0.2) is 9.97 Å². The van der Waals surface area contributed by atoms with Gasteiger partial charge in [-0.05, 0) is 56.4 Å². The lowest BCUT2D eigenvalue weighted by atomic mass is 9.91. The maximum Gasteiger partial charge on any atom is 0.225 e. The van der Waals surface area contributed by atoms with Crippen molar-refractivity contribution in [3.63, 3.8) is 0 Å². The van der Waals surface area contributed by atoms with Gasteiger partial charge in [-0.2, -0.15) is 5.26 Å². The molecule has 0 aromatic carbocycles. The van der Waals surface area contributed by atoms with Gasteiger partial charge < -0.3 is 9.47 Å². The molecule has 2 aliphatic carbocycles. The van der Waals surface area contributed by atoms with Crippen LogP contribution in [-0.2, 0) is 11.2 Å². The highest BCUT2D eigenvalue weighted by molar-refractivity contribution is 7.19. The van der Waals surface area contributed by atoms with Crippen molar-refractivity contribution in [2.75, 3.05) is 26.3 Å². The summed E-state index contributed by atoms with van der Waals surface area (Å²) in [6.07, 6.45) is 10.2. The number of ether oxygens (including phenoxy) is 2. The summed E-state index contributed by atoms with van der Waals surface area (Å²) >= 11 is 1.79. The Balaban J connectivity index is 1.31. The maximum atomic E-state index is 9.02. The molecule has 0 spiro atoms. The van der Waals surface area contributed by atoms with Crippen LogP contribution in [0.15, 0.2) is 6.33 Å².